The van der Waals surface area contributed by atoms with E-state index >= 15 is 0 Å². The number of sulfonamides is 1. The Kier molecular flexibility index (Phi) is 7.98. The number of halogens is 1. The van der Waals surface area contributed by atoms with Crippen molar-refractivity contribution in [3.05, 3.63) is 54.2 Å². The van der Waals surface area contributed by atoms with Gasteiger partial charge < -0.3 is 24.8 Å². The second-order valence-electron chi connectivity index (χ2n) is 8.58. The van der Waals surface area contributed by atoms with Crippen LogP contribution in [0, 0.1) is 0 Å². The lowest BCUT2D eigenvalue weighted by atomic mass is 10.0. The normalized spacial score (nSPS) is 18.2. The van der Waals surface area contributed by atoms with E-state index in [0.717, 1.165) is 44.0 Å². The Labute approximate surface area is 210 Å². The average Bonchev–Trinajstić information content (AvgIpc) is 3.18. The van der Waals surface area contributed by atoms with E-state index in [1.165, 1.54) is 11.8 Å². The zero-order valence-electron chi connectivity index (χ0n) is 19.1. The van der Waals surface area contributed by atoms with Gasteiger partial charge in [-0.1, -0.05) is 12.1 Å². The highest BCUT2D eigenvalue weighted by molar-refractivity contribution is 7.89. The maximum absolute atomic E-state index is 13.0. The Morgan fingerprint density at radius 1 is 1.14 bits per heavy atom. The van der Waals surface area contributed by atoms with Gasteiger partial charge in [-0.3, -0.25) is 0 Å². The van der Waals surface area contributed by atoms with Crippen LogP contribution >= 0.6 is 12.4 Å². The molecule has 3 aromatic rings. The number of fused-ring (bicyclic) bond motifs is 2. The standard InChI is InChI=1S/C24H28N4O5S.ClH/c29-24-20-3-1-4-23(19(20)7-9-26-24)34(30,31)27-10-12-28-11-2-8-25-18(15-28)13-17-5-6-21-22(14-17)33-16-32-21;/h1,3-7,9,14,18,25,27H,2,8,10-13,15-16H2,(H,26,29);1H. The lowest BCUT2D eigenvalue weighted by Gasteiger charge is -2.24. The van der Waals surface area contributed by atoms with Gasteiger partial charge in [0.15, 0.2) is 11.5 Å². The Hall–Kier alpha value is -2.63. The molecule has 188 valence electrons. The molecule has 3 N–H and O–H groups in total. The first-order chi connectivity index (χ1) is 16.5. The van der Waals surface area contributed by atoms with E-state index in [-0.39, 0.29) is 36.0 Å². The quantitative estimate of drug-likeness (QED) is 0.435. The Morgan fingerprint density at radius 3 is 2.89 bits per heavy atom. The fraction of sp³-hybridized carbons (Fsp3) is 0.375. The van der Waals surface area contributed by atoms with Gasteiger partial charge >= 0.3 is 0 Å². The first-order valence-electron chi connectivity index (χ1n) is 11.4. The van der Waals surface area contributed by atoms with Gasteiger partial charge in [0, 0.05) is 42.6 Å². The van der Waals surface area contributed by atoms with Gasteiger partial charge in [0.05, 0.1) is 4.90 Å². The third kappa shape index (κ3) is 5.79. The van der Waals surface area contributed by atoms with E-state index in [4.69, 9.17) is 9.47 Å². The fourth-order valence-corrected chi connectivity index (χ4v) is 5.82. The smallest absolute Gasteiger partial charge is 0.241 e. The van der Waals surface area contributed by atoms with E-state index in [1.54, 1.807) is 24.3 Å². The van der Waals surface area contributed by atoms with Crippen LogP contribution in [-0.2, 0) is 16.4 Å². The van der Waals surface area contributed by atoms with Gasteiger partial charge in [-0.25, -0.2) is 18.1 Å². The van der Waals surface area contributed by atoms with Crippen molar-refractivity contribution in [2.24, 2.45) is 0 Å². The summed E-state index contributed by atoms with van der Waals surface area (Å²) in [7, 11) is -3.74. The van der Waals surface area contributed by atoms with E-state index in [1.807, 2.05) is 12.1 Å². The number of pyridine rings is 1. The van der Waals surface area contributed by atoms with Crippen molar-refractivity contribution >= 4 is 33.2 Å². The topological polar surface area (TPSA) is 113 Å². The largest absolute Gasteiger partial charge is 0.493 e. The first-order valence-corrected chi connectivity index (χ1v) is 12.9. The van der Waals surface area contributed by atoms with Crippen molar-refractivity contribution in [3.63, 3.8) is 0 Å². The Balaban J connectivity index is 0.00000289. The molecule has 0 radical (unpaired) electrons. The van der Waals surface area contributed by atoms with Crippen LogP contribution in [0.2, 0.25) is 0 Å². The third-order valence-corrected chi connectivity index (χ3v) is 7.76. The molecule has 3 heterocycles. The maximum Gasteiger partial charge on any atom is 0.241 e. The van der Waals surface area contributed by atoms with Crippen molar-refractivity contribution in [2.75, 3.05) is 39.5 Å². The lowest BCUT2D eigenvalue weighted by molar-refractivity contribution is 0.174. The molecule has 2 aromatic carbocycles. The molecule has 1 atom stereocenters. The number of nitrogens with one attached hydrogen (secondary N) is 2. The molecular weight excluding hydrogens is 492 g/mol. The van der Waals surface area contributed by atoms with Crippen molar-refractivity contribution in [2.45, 2.75) is 23.8 Å². The van der Waals surface area contributed by atoms with Gasteiger partial charge in [0.25, 0.3) is 0 Å². The molecule has 1 unspecified atom stereocenters. The van der Waals surface area contributed by atoms with Gasteiger partial charge in [0.2, 0.25) is 22.7 Å². The highest BCUT2D eigenvalue weighted by Gasteiger charge is 2.22. The first kappa shape index (κ1) is 25.5. The minimum Gasteiger partial charge on any atom is -0.493 e. The molecule has 11 heteroatoms. The minimum absolute atomic E-state index is 0. The number of hydrogen-bond acceptors (Lipinski definition) is 8. The zero-order valence-corrected chi connectivity index (χ0v) is 20.8. The second-order valence-corrected chi connectivity index (χ2v) is 10.3. The molecule has 0 aliphatic carbocycles. The summed E-state index contributed by atoms with van der Waals surface area (Å²) in [5, 5.41) is 14.4. The number of aromatic hydroxyl groups is 1. The molecule has 0 spiro atoms. The summed E-state index contributed by atoms with van der Waals surface area (Å²) >= 11 is 0. The number of ether oxygens (including phenoxy) is 2. The van der Waals surface area contributed by atoms with Crippen molar-refractivity contribution < 1.29 is 23.0 Å². The molecule has 1 aromatic heterocycles. The number of aromatic nitrogens is 1. The van der Waals surface area contributed by atoms with Crippen LogP contribution in [0.25, 0.3) is 10.8 Å². The molecule has 0 amide bonds. The number of hydrogen-bond donors (Lipinski definition) is 3. The Bertz CT molecular complexity index is 1290. The summed E-state index contributed by atoms with van der Waals surface area (Å²) in [4.78, 5) is 6.26. The summed E-state index contributed by atoms with van der Waals surface area (Å²) in [5.74, 6) is 1.39. The highest BCUT2D eigenvalue weighted by atomic mass is 35.5. The number of benzene rings is 2. The van der Waals surface area contributed by atoms with E-state index in [0.29, 0.717) is 23.9 Å². The molecule has 0 saturated carbocycles. The average molecular weight is 521 g/mol. The molecular formula is C24H29ClN4O5S. The SMILES string of the molecule is Cl.O=S(=O)(NCCN1CCCNC(Cc2ccc3c(c2)OCO3)C1)c1cccc2c(O)nccc12. The predicted molar refractivity (Wildman–Crippen MR) is 135 cm³/mol. The van der Waals surface area contributed by atoms with Crippen molar-refractivity contribution in [1.82, 2.24) is 19.9 Å². The van der Waals surface area contributed by atoms with Crippen LogP contribution in [0.5, 0.6) is 17.4 Å². The van der Waals surface area contributed by atoms with Crippen molar-refractivity contribution in [3.8, 4) is 17.4 Å². The highest BCUT2D eigenvalue weighted by Crippen LogP contribution is 2.33. The van der Waals surface area contributed by atoms with E-state index in [2.05, 4.69) is 26.0 Å². The summed E-state index contributed by atoms with van der Waals surface area (Å²) in [6, 6.07) is 12.7. The van der Waals surface area contributed by atoms with Gasteiger partial charge in [0.1, 0.15) is 0 Å². The van der Waals surface area contributed by atoms with Crippen LogP contribution in [-0.4, -0.2) is 69.0 Å². The number of nitrogens with zero attached hydrogens (tertiary/aromatic N) is 2. The molecule has 0 bridgehead atoms. The van der Waals surface area contributed by atoms with Crippen molar-refractivity contribution in [1.29, 1.82) is 0 Å². The Morgan fingerprint density at radius 2 is 2.00 bits per heavy atom. The minimum atomic E-state index is -3.74. The second kappa shape index (κ2) is 11.0. The summed E-state index contributed by atoms with van der Waals surface area (Å²) in [6.45, 7) is 3.82. The maximum atomic E-state index is 13.0. The van der Waals surface area contributed by atoms with Crippen LogP contribution in [0.4, 0.5) is 0 Å². The van der Waals surface area contributed by atoms with E-state index < -0.39 is 10.0 Å². The van der Waals surface area contributed by atoms with Crippen LogP contribution in [0.1, 0.15) is 12.0 Å². The third-order valence-electron chi connectivity index (χ3n) is 6.24. The zero-order chi connectivity index (χ0) is 23.5. The van der Waals surface area contributed by atoms with Gasteiger partial charge in [-0.2, -0.15) is 0 Å². The molecule has 1 saturated heterocycles. The summed E-state index contributed by atoms with van der Waals surface area (Å²) < 4.78 is 39.6. The summed E-state index contributed by atoms with van der Waals surface area (Å²) in [5.41, 5.74) is 1.18. The van der Waals surface area contributed by atoms with Crippen LogP contribution in [0.15, 0.2) is 53.6 Å². The molecule has 9 nitrogen and oxygen atoms in total. The molecule has 5 rings (SSSR count). The van der Waals surface area contributed by atoms with Gasteiger partial charge in [-0.05, 0) is 61.8 Å². The lowest BCUT2D eigenvalue weighted by Crippen LogP contribution is -2.42. The molecule has 35 heavy (non-hydrogen) atoms. The predicted octanol–water partition coefficient (Wildman–Crippen LogP) is 2.28. The van der Waals surface area contributed by atoms with Crippen LogP contribution in [0.3, 0.4) is 0 Å². The molecule has 2 aliphatic rings. The van der Waals surface area contributed by atoms with Crippen LogP contribution < -0.4 is 19.5 Å². The summed E-state index contributed by atoms with van der Waals surface area (Å²) in [6.07, 6.45) is 3.26. The number of rotatable bonds is 7. The van der Waals surface area contributed by atoms with Gasteiger partial charge in [-0.15, -0.1) is 12.4 Å². The monoisotopic (exact) mass is 520 g/mol. The van der Waals surface area contributed by atoms with E-state index in [9.17, 15) is 13.5 Å². The molecule has 2 aliphatic heterocycles. The molecule has 1 fully saturated rings. The fourth-order valence-electron chi connectivity index (χ4n) is 4.58.